The van der Waals surface area contributed by atoms with Crippen LogP contribution in [0.1, 0.15) is 24.2 Å². The van der Waals surface area contributed by atoms with Crippen molar-refractivity contribution in [1.29, 1.82) is 0 Å². The van der Waals surface area contributed by atoms with E-state index in [4.69, 9.17) is 14.2 Å². The molecule has 0 bridgehead atoms. The van der Waals surface area contributed by atoms with Crippen LogP contribution in [0.5, 0.6) is 5.75 Å². The van der Waals surface area contributed by atoms with Crippen molar-refractivity contribution in [2.75, 3.05) is 19.5 Å². The molecule has 1 N–H and O–H groups in total. The number of carbonyl (C=O) groups excluding carboxylic acids is 3. The van der Waals surface area contributed by atoms with Gasteiger partial charge in [0.1, 0.15) is 0 Å². The van der Waals surface area contributed by atoms with E-state index in [0.717, 1.165) is 19.4 Å². The Kier molecular flexibility index (Phi) is 4.96. The van der Waals surface area contributed by atoms with Crippen LogP contribution in [-0.4, -0.2) is 37.9 Å². The Hall–Kier alpha value is -3.10. The van der Waals surface area contributed by atoms with E-state index in [2.05, 4.69) is 10.1 Å². The van der Waals surface area contributed by atoms with Crippen LogP contribution >= 0.6 is 0 Å². The first-order chi connectivity index (χ1) is 11.7. The lowest BCUT2D eigenvalue weighted by Crippen LogP contribution is -2.42. The molecule has 9 heteroatoms. The van der Waals surface area contributed by atoms with Gasteiger partial charge in [-0.1, -0.05) is 0 Å². The third-order valence-electron chi connectivity index (χ3n) is 3.16. The molecule has 1 saturated heterocycles. The topological polar surface area (TPSA) is 100 Å². The van der Waals surface area contributed by atoms with Gasteiger partial charge in [-0.25, -0.2) is 18.8 Å². The lowest BCUT2D eigenvalue weighted by molar-refractivity contribution is -0.222. The second-order valence-corrected chi connectivity index (χ2v) is 5.41. The number of cyclic esters (lactones) is 2. The summed E-state index contributed by atoms with van der Waals surface area (Å²) in [5.74, 6) is -5.01. The molecule has 0 atom stereocenters. The van der Waals surface area contributed by atoms with E-state index in [1.807, 2.05) is 0 Å². The summed E-state index contributed by atoms with van der Waals surface area (Å²) in [6.07, 6.45) is 0.984. The number of hydrogen-bond donors (Lipinski definition) is 1. The van der Waals surface area contributed by atoms with E-state index >= 15 is 0 Å². The van der Waals surface area contributed by atoms with Gasteiger partial charge in [0, 0.05) is 20.0 Å². The number of benzene rings is 1. The molecule has 0 amide bonds. The molecule has 1 heterocycles. The van der Waals surface area contributed by atoms with Crippen molar-refractivity contribution in [2.24, 2.45) is 0 Å². The zero-order valence-electron chi connectivity index (χ0n) is 14.0. The smallest absolute Gasteiger partial charge is 0.350 e. The third-order valence-corrected chi connectivity index (χ3v) is 3.16. The molecule has 0 spiro atoms. The van der Waals surface area contributed by atoms with Gasteiger partial charge in [0.2, 0.25) is 0 Å². The van der Waals surface area contributed by atoms with E-state index in [9.17, 15) is 18.8 Å². The van der Waals surface area contributed by atoms with Crippen LogP contribution < -0.4 is 10.1 Å². The number of methoxy groups -OCH3 is 2. The normalized spacial score (nSPS) is 15.8. The first kappa shape index (κ1) is 18.2. The van der Waals surface area contributed by atoms with Crippen LogP contribution in [0, 0.1) is 5.82 Å². The highest BCUT2D eigenvalue weighted by molar-refractivity contribution is 6.15. The molecule has 2 rings (SSSR count). The molecule has 0 aliphatic carbocycles. The number of esters is 3. The molecule has 0 unspecified atom stereocenters. The monoisotopic (exact) mass is 353 g/mol. The molecule has 25 heavy (non-hydrogen) atoms. The number of nitrogens with one attached hydrogen (secondary N) is 1. The number of halogens is 1. The number of ether oxygens (including phenoxy) is 4. The van der Waals surface area contributed by atoms with Gasteiger partial charge in [-0.3, -0.25) is 0 Å². The molecule has 134 valence electrons. The average Bonchev–Trinajstić information content (AvgIpc) is 2.51. The fourth-order valence-corrected chi connectivity index (χ4v) is 2.07. The molecule has 0 radical (unpaired) electrons. The number of rotatable bonds is 4. The standard InChI is InChI=1S/C16H16FNO7/c1-16(2)24-14(20)9(15(21)25-16)7-18-11-6-8(13(19)23-4)5-10(17)12(11)22-3/h5-7,18H,1-4H3. The summed E-state index contributed by atoms with van der Waals surface area (Å²) in [7, 11) is 2.37. The van der Waals surface area contributed by atoms with Gasteiger partial charge in [0.25, 0.3) is 5.79 Å². The summed E-state index contributed by atoms with van der Waals surface area (Å²) in [6, 6.07) is 2.18. The molecule has 8 nitrogen and oxygen atoms in total. The van der Waals surface area contributed by atoms with Crippen molar-refractivity contribution in [3.63, 3.8) is 0 Å². The second-order valence-electron chi connectivity index (χ2n) is 5.41. The largest absolute Gasteiger partial charge is 0.492 e. The minimum absolute atomic E-state index is 0.000772. The average molecular weight is 353 g/mol. The van der Waals surface area contributed by atoms with Gasteiger partial charge in [0.15, 0.2) is 17.1 Å². The highest BCUT2D eigenvalue weighted by Crippen LogP contribution is 2.30. The minimum atomic E-state index is -1.37. The van der Waals surface area contributed by atoms with Crippen LogP contribution in [0.25, 0.3) is 0 Å². The predicted octanol–water partition coefficient (Wildman–Crippen LogP) is 1.75. The zero-order valence-corrected chi connectivity index (χ0v) is 14.0. The van der Waals surface area contributed by atoms with E-state index in [1.165, 1.54) is 27.0 Å². The molecular weight excluding hydrogens is 337 g/mol. The summed E-state index contributed by atoms with van der Waals surface area (Å²) < 4.78 is 33.4. The van der Waals surface area contributed by atoms with Crippen molar-refractivity contribution < 1.29 is 37.7 Å². The summed E-state index contributed by atoms with van der Waals surface area (Å²) in [5.41, 5.74) is -0.511. The molecule has 0 saturated carbocycles. The maximum atomic E-state index is 14.1. The highest BCUT2D eigenvalue weighted by Gasteiger charge is 2.39. The van der Waals surface area contributed by atoms with Gasteiger partial charge < -0.3 is 24.3 Å². The van der Waals surface area contributed by atoms with E-state index in [0.29, 0.717) is 0 Å². The van der Waals surface area contributed by atoms with Crippen LogP contribution in [0.15, 0.2) is 23.9 Å². The number of anilines is 1. The van der Waals surface area contributed by atoms with Crippen LogP contribution in [0.3, 0.4) is 0 Å². The SMILES string of the molecule is COC(=O)c1cc(F)c(OC)c(NC=C2C(=O)OC(C)(C)OC2=O)c1. The maximum absolute atomic E-state index is 14.1. The Morgan fingerprint density at radius 2 is 1.80 bits per heavy atom. The van der Waals surface area contributed by atoms with E-state index in [-0.39, 0.29) is 17.0 Å². The molecular formula is C16H16FNO7. The molecule has 1 aromatic rings. The summed E-state index contributed by atoms with van der Waals surface area (Å²) in [5, 5.41) is 2.55. The van der Waals surface area contributed by atoms with Gasteiger partial charge in [-0.05, 0) is 12.1 Å². The fourth-order valence-electron chi connectivity index (χ4n) is 2.07. The van der Waals surface area contributed by atoms with Gasteiger partial charge in [0.05, 0.1) is 25.5 Å². The van der Waals surface area contributed by atoms with Crippen molar-refractivity contribution in [1.82, 2.24) is 0 Å². The van der Waals surface area contributed by atoms with Crippen molar-refractivity contribution >= 4 is 23.6 Å². The molecule has 1 aliphatic heterocycles. The van der Waals surface area contributed by atoms with Gasteiger partial charge in [-0.2, -0.15) is 0 Å². The van der Waals surface area contributed by atoms with Crippen molar-refractivity contribution in [3.8, 4) is 5.75 Å². The van der Waals surface area contributed by atoms with Gasteiger partial charge in [-0.15, -0.1) is 0 Å². The maximum Gasteiger partial charge on any atom is 0.350 e. The zero-order chi connectivity index (χ0) is 18.8. The predicted molar refractivity (Wildman–Crippen MR) is 82.3 cm³/mol. The van der Waals surface area contributed by atoms with E-state index in [1.54, 1.807) is 0 Å². The highest BCUT2D eigenvalue weighted by atomic mass is 19.1. The molecule has 1 aliphatic rings. The second kappa shape index (κ2) is 6.80. The van der Waals surface area contributed by atoms with Crippen LogP contribution in [0.4, 0.5) is 10.1 Å². The first-order valence-corrected chi connectivity index (χ1v) is 7.07. The molecule has 1 aromatic carbocycles. The van der Waals surface area contributed by atoms with Gasteiger partial charge >= 0.3 is 17.9 Å². The Labute approximate surface area is 142 Å². The lowest BCUT2D eigenvalue weighted by atomic mass is 10.1. The Bertz CT molecular complexity index is 748. The summed E-state index contributed by atoms with van der Waals surface area (Å²) >= 11 is 0. The van der Waals surface area contributed by atoms with Crippen molar-refractivity contribution in [2.45, 2.75) is 19.6 Å². The summed E-state index contributed by atoms with van der Waals surface area (Å²) in [4.78, 5) is 35.3. The Balaban J connectivity index is 2.36. The first-order valence-electron chi connectivity index (χ1n) is 7.07. The Morgan fingerprint density at radius 1 is 1.20 bits per heavy atom. The summed E-state index contributed by atoms with van der Waals surface area (Å²) in [6.45, 7) is 2.82. The molecule has 0 aromatic heterocycles. The fraction of sp³-hybridized carbons (Fsp3) is 0.312. The quantitative estimate of drug-likeness (QED) is 0.496. The van der Waals surface area contributed by atoms with Crippen molar-refractivity contribution in [3.05, 3.63) is 35.3 Å². The number of hydrogen-bond acceptors (Lipinski definition) is 8. The van der Waals surface area contributed by atoms with Crippen LogP contribution in [-0.2, 0) is 23.8 Å². The Morgan fingerprint density at radius 3 is 2.32 bits per heavy atom. The number of carbonyl (C=O) groups is 3. The minimum Gasteiger partial charge on any atom is -0.492 e. The van der Waals surface area contributed by atoms with E-state index < -0.39 is 35.1 Å². The van der Waals surface area contributed by atoms with Crippen LogP contribution in [0.2, 0.25) is 0 Å². The molecule has 1 fully saturated rings. The lowest BCUT2D eigenvalue weighted by Gasteiger charge is -2.29. The third kappa shape index (κ3) is 3.87.